The molecule has 2 aromatic rings. The van der Waals surface area contributed by atoms with Crippen LogP contribution in [0.1, 0.15) is 41.6 Å². The third-order valence-electron chi connectivity index (χ3n) is 4.85. The second-order valence-corrected chi connectivity index (χ2v) is 7.66. The van der Waals surface area contributed by atoms with Crippen LogP contribution < -0.4 is 10.6 Å². The molecule has 0 aliphatic heterocycles. The molecule has 8 heteroatoms. The van der Waals surface area contributed by atoms with Crippen molar-refractivity contribution in [3.63, 3.8) is 0 Å². The van der Waals surface area contributed by atoms with Crippen LogP contribution in [0, 0.1) is 24.2 Å². The smallest absolute Gasteiger partial charge is 0.339 e. The summed E-state index contributed by atoms with van der Waals surface area (Å²) in [5, 5.41) is 15.9. The van der Waals surface area contributed by atoms with Gasteiger partial charge < -0.3 is 15.4 Å². The monoisotopic (exact) mass is 443 g/mol. The predicted octanol–water partition coefficient (Wildman–Crippen LogP) is 4.57. The minimum atomic E-state index is -0.428. The molecule has 0 saturated heterocycles. The molecular weight excluding hydrogens is 422 g/mol. The van der Waals surface area contributed by atoms with Gasteiger partial charge in [-0.2, -0.15) is 10.2 Å². The number of hydrogen-bond donors (Lipinski definition) is 2. The molecule has 2 atom stereocenters. The van der Waals surface area contributed by atoms with Gasteiger partial charge in [-0.25, -0.2) is 9.78 Å². The number of nitrogens with one attached hydrogen (secondary N) is 2. The van der Waals surface area contributed by atoms with E-state index in [1.54, 1.807) is 18.3 Å². The third-order valence-corrected chi connectivity index (χ3v) is 5.54. The zero-order valence-corrected chi connectivity index (χ0v) is 17.4. The quantitative estimate of drug-likeness (QED) is 0.652. The summed E-state index contributed by atoms with van der Waals surface area (Å²) in [4.78, 5) is 20.8. The summed E-state index contributed by atoms with van der Waals surface area (Å²) < 4.78 is 5.45. The Bertz CT molecular complexity index is 912. The van der Waals surface area contributed by atoms with Crippen LogP contribution in [0.2, 0.25) is 0 Å². The molecule has 1 aromatic carbocycles. The van der Waals surface area contributed by atoms with E-state index in [1.807, 2.05) is 13.0 Å². The number of benzene rings is 1. The maximum absolute atomic E-state index is 11.9. The molecule has 1 saturated carbocycles. The lowest BCUT2D eigenvalue weighted by molar-refractivity contribution is 0.0599. The van der Waals surface area contributed by atoms with Gasteiger partial charge in [-0.3, -0.25) is 0 Å². The summed E-state index contributed by atoms with van der Waals surface area (Å²) in [6.45, 7) is 1.94. The van der Waals surface area contributed by atoms with Crippen LogP contribution in [0.4, 0.5) is 17.5 Å². The largest absolute Gasteiger partial charge is 0.465 e. The van der Waals surface area contributed by atoms with E-state index >= 15 is 0 Å². The minimum absolute atomic E-state index is 0.00591. The number of anilines is 3. The van der Waals surface area contributed by atoms with Crippen LogP contribution in [0.25, 0.3) is 0 Å². The first kappa shape index (κ1) is 20.1. The topological polar surface area (TPSA) is 99.9 Å². The van der Waals surface area contributed by atoms with Crippen LogP contribution in [0.15, 0.2) is 28.9 Å². The Morgan fingerprint density at radius 1 is 1.36 bits per heavy atom. The van der Waals surface area contributed by atoms with Crippen molar-refractivity contribution in [2.24, 2.45) is 5.92 Å². The number of halogens is 1. The van der Waals surface area contributed by atoms with E-state index in [1.165, 1.54) is 7.11 Å². The molecule has 3 rings (SSSR count). The fraction of sp³-hybridized carbons (Fsp3) is 0.400. The molecule has 0 unspecified atom stereocenters. The van der Waals surface area contributed by atoms with E-state index in [9.17, 15) is 10.1 Å². The first-order valence-corrected chi connectivity index (χ1v) is 9.95. The van der Waals surface area contributed by atoms with Crippen LogP contribution >= 0.6 is 15.9 Å². The molecule has 1 fully saturated rings. The highest BCUT2D eigenvalue weighted by atomic mass is 79.9. The fourth-order valence-electron chi connectivity index (χ4n) is 3.28. The van der Waals surface area contributed by atoms with Gasteiger partial charge in [-0.1, -0.05) is 12.8 Å². The minimum Gasteiger partial charge on any atom is -0.465 e. The second-order valence-electron chi connectivity index (χ2n) is 6.81. The molecule has 1 aliphatic carbocycles. The Hall–Kier alpha value is -2.66. The van der Waals surface area contributed by atoms with Crippen LogP contribution in [-0.4, -0.2) is 29.1 Å². The van der Waals surface area contributed by atoms with E-state index in [0.29, 0.717) is 21.7 Å². The van der Waals surface area contributed by atoms with E-state index in [4.69, 9.17) is 4.74 Å². The summed E-state index contributed by atoms with van der Waals surface area (Å²) in [6, 6.07) is 7.77. The van der Waals surface area contributed by atoms with Crippen molar-refractivity contribution in [2.45, 2.75) is 38.6 Å². The molecule has 2 N–H and O–H groups in total. The molecule has 0 bridgehead atoms. The Balaban J connectivity index is 1.80. The number of carbonyl (C=O) groups is 1. The Kier molecular flexibility index (Phi) is 6.47. The van der Waals surface area contributed by atoms with Gasteiger partial charge in [0.1, 0.15) is 5.82 Å². The lowest BCUT2D eigenvalue weighted by Crippen LogP contribution is -2.32. The van der Waals surface area contributed by atoms with Crippen LogP contribution in [-0.2, 0) is 4.74 Å². The highest BCUT2D eigenvalue weighted by Crippen LogP contribution is 2.28. The molecule has 0 amide bonds. The number of aromatic nitrogens is 2. The van der Waals surface area contributed by atoms with Crippen molar-refractivity contribution in [1.29, 1.82) is 5.26 Å². The highest BCUT2D eigenvalue weighted by Gasteiger charge is 2.25. The van der Waals surface area contributed by atoms with Crippen LogP contribution in [0.3, 0.4) is 0 Å². The number of carbonyl (C=O) groups excluding carboxylic acids is 1. The molecule has 0 radical (unpaired) electrons. The molecular formula is C20H22BrN5O2. The number of nitrogens with zero attached hydrogens (tertiary/aromatic N) is 3. The zero-order valence-electron chi connectivity index (χ0n) is 15.8. The van der Waals surface area contributed by atoms with Crippen molar-refractivity contribution < 1.29 is 9.53 Å². The van der Waals surface area contributed by atoms with Gasteiger partial charge in [0.25, 0.3) is 0 Å². The van der Waals surface area contributed by atoms with Gasteiger partial charge in [0.15, 0.2) is 0 Å². The van der Waals surface area contributed by atoms with Crippen LogP contribution in [0.5, 0.6) is 0 Å². The number of methoxy groups -OCH3 is 1. The Morgan fingerprint density at radius 3 is 2.89 bits per heavy atom. The predicted molar refractivity (Wildman–Crippen MR) is 111 cm³/mol. The Labute approximate surface area is 172 Å². The maximum atomic E-state index is 11.9. The lowest BCUT2D eigenvalue weighted by Gasteiger charge is -2.28. The van der Waals surface area contributed by atoms with Gasteiger partial charge in [-0.05, 0) is 53.9 Å². The molecule has 1 aliphatic rings. The summed E-state index contributed by atoms with van der Waals surface area (Å²) in [5.41, 5.74) is 2.00. The number of esters is 1. The Morgan fingerprint density at radius 2 is 2.14 bits per heavy atom. The first-order chi connectivity index (χ1) is 13.5. The fourth-order valence-corrected chi connectivity index (χ4v) is 3.69. The van der Waals surface area contributed by atoms with E-state index in [2.05, 4.69) is 42.6 Å². The number of nitriles is 1. The molecule has 1 aromatic heterocycles. The van der Waals surface area contributed by atoms with Crippen molar-refractivity contribution >= 4 is 39.4 Å². The maximum Gasteiger partial charge on any atom is 0.339 e. The number of rotatable bonds is 5. The average Bonchev–Trinajstić information content (AvgIpc) is 2.71. The highest BCUT2D eigenvalue weighted by molar-refractivity contribution is 9.10. The normalized spacial score (nSPS) is 18.8. The summed E-state index contributed by atoms with van der Waals surface area (Å²) in [7, 11) is 1.34. The lowest BCUT2D eigenvalue weighted by atomic mass is 9.85. The van der Waals surface area contributed by atoms with Gasteiger partial charge in [-0.15, -0.1) is 0 Å². The summed E-state index contributed by atoms with van der Waals surface area (Å²) >= 11 is 3.35. The number of ether oxygens (including phenoxy) is 1. The molecule has 146 valence electrons. The van der Waals surface area contributed by atoms with Gasteiger partial charge in [0.2, 0.25) is 5.95 Å². The standard InChI is InChI=1S/C20H22BrN5O2/c1-12-11-23-20(24-14-7-8-16(21)15(9-14)19(27)28-2)26-18(12)25-17-6-4-3-5-13(17)10-22/h7-9,11,13,17H,3-6H2,1-2H3,(H2,23,24,25,26)/t13-,17+/m0/s1. The third kappa shape index (κ3) is 4.60. The van der Waals surface area contributed by atoms with E-state index < -0.39 is 5.97 Å². The van der Waals surface area contributed by atoms with Crippen molar-refractivity contribution in [2.75, 3.05) is 17.7 Å². The average molecular weight is 444 g/mol. The second kappa shape index (κ2) is 9.02. The van der Waals surface area contributed by atoms with Crippen molar-refractivity contribution in [1.82, 2.24) is 9.97 Å². The zero-order chi connectivity index (χ0) is 20.1. The molecule has 0 spiro atoms. The number of aryl methyl sites for hydroxylation is 1. The molecule has 1 heterocycles. The molecule has 7 nitrogen and oxygen atoms in total. The first-order valence-electron chi connectivity index (χ1n) is 9.16. The van der Waals surface area contributed by atoms with Gasteiger partial charge in [0, 0.05) is 28.0 Å². The summed E-state index contributed by atoms with van der Waals surface area (Å²) in [5.74, 6) is 0.696. The van der Waals surface area contributed by atoms with E-state index in [-0.39, 0.29) is 12.0 Å². The van der Waals surface area contributed by atoms with Crippen molar-refractivity contribution in [3.05, 3.63) is 40.0 Å². The van der Waals surface area contributed by atoms with Crippen molar-refractivity contribution in [3.8, 4) is 6.07 Å². The van der Waals surface area contributed by atoms with Gasteiger partial charge in [0.05, 0.1) is 24.7 Å². The number of hydrogen-bond acceptors (Lipinski definition) is 7. The van der Waals surface area contributed by atoms with E-state index in [0.717, 1.165) is 37.1 Å². The van der Waals surface area contributed by atoms with Gasteiger partial charge >= 0.3 is 5.97 Å². The SMILES string of the molecule is COC(=O)c1cc(Nc2ncc(C)c(N[C@@H]3CCCC[C@H]3C#N)n2)ccc1Br. The molecule has 28 heavy (non-hydrogen) atoms. The summed E-state index contributed by atoms with van der Waals surface area (Å²) in [6.07, 6.45) is 5.82.